The van der Waals surface area contributed by atoms with E-state index in [1.807, 2.05) is 0 Å². The van der Waals surface area contributed by atoms with E-state index >= 15 is 0 Å². The molecular weight excluding hydrogens is 314 g/mol. The molecule has 2 unspecified atom stereocenters. The molecule has 0 aliphatic heterocycles. The first-order valence-electron chi connectivity index (χ1n) is 6.68. The zero-order chi connectivity index (χ0) is 15.6. The van der Waals surface area contributed by atoms with Crippen molar-refractivity contribution >= 4 is 33.2 Å². The maximum atomic E-state index is 11.7. The number of sulfone groups is 1. The molecule has 8 heteroatoms. The minimum absolute atomic E-state index is 0.00269. The number of aromatic nitrogens is 1. The Kier molecular flexibility index (Phi) is 4.73. The lowest BCUT2D eigenvalue weighted by Crippen LogP contribution is -2.34. The molecule has 116 valence electrons. The summed E-state index contributed by atoms with van der Waals surface area (Å²) in [7, 11) is -3.03. The van der Waals surface area contributed by atoms with Crippen molar-refractivity contribution in [3.05, 3.63) is 22.8 Å². The van der Waals surface area contributed by atoms with Gasteiger partial charge in [-0.15, -0.1) is 0 Å². The fourth-order valence-electron chi connectivity index (χ4n) is 2.54. The molecule has 1 saturated carbocycles. The molecule has 1 amide bonds. The summed E-state index contributed by atoms with van der Waals surface area (Å²) in [5, 5.41) is 3.13. The van der Waals surface area contributed by atoms with Gasteiger partial charge in [-0.05, 0) is 25.3 Å². The number of hydrogen-bond donors (Lipinski definition) is 2. The van der Waals surface area contributed by atoms with Crippen molar-refractivity contribution < 1.29 is 13.2 Å². The van der Waals surface area contributed by atoms with Gasteiger partial charge in [0, 0.05) is 18.5 Å². The third-order valence-electron chi connectivity index (χ3n) is 3.70. The van der Waals surface area contributed by atoms with Crippen LogP contribution in [0.3, 0.4) is 0 Å². The van der Waals surface area contributed by atoms with Crippen molar-refractivity contribution in [1.29, 1.82) is 0 Å². The highest BCUT2D eigenvalue weighted by Crippen LogP contribution is 2.28. The van der Waals surface area contributed by atoms with Crippen molar-refractivity contribution in [3.8, 4) is 0 Å². The van der Waals surface area contributed by atoms with E-state index in [4.69, 9.17) is 17.3 Å². The van der Waals surface area contributed by atoms with Gasteiger partial charge in [0.2, 0.25) is 5.91 Å². The van der Waals surface area contributed by atoms with E-state index in [2.05, 4.69) is 10.3 Å². The first-order valence-corrected chi connectivity index (χ1v) is 9.01. The van der Waals surface area contributed by atoms with Crippen molar-refractivity contribution in [2.75, 3.05) is 11.6 Å². The number of hydrogen-bond acceptors (Lipinski definition) is 5. The SMILES string of the molecule is CS(=O)(=O)C1CCCC(Nc2ncc(C(N)=O)cc2Cl)C1. The molecule has 0 bridgehead atoms. The molecule has 2 rings (SSSR count). The Labute approximate surface area is 129 Å². The molecule has 0 spiro atoms. The smallest absolute Gasteiger partial charge is 0.250 e. The number of anilines is 1. The lowest BCUT2D eigenvalue weighted by Gasteiger charge is -2.29. The summed E-state index contributed by atoms with van der Waals surface area (Å²) >= 11 is 6.07. The average Bonchev–Trinajstić information content (AvgIpc) is 2.40. The Morgan fingerprint density at radius 3 is 2.76 bits per heavy atom. The summed E-state index contributed by atoms with van der Waals surface area (Å²) in [5.74, 6) is -0.147. The van der Waals surface area contributed by atoms with Gasteiger partial charge in [-0.2, -0.15) is 0 Å². The summed E-state index contributed by atoms with van der Waals surface area (Å²) in [4.78, 5) is 15.1. The number of carbonyl (C=O) groups excluding carboxylic acids is 1. The third-order valence-corrected chi connectivity index (χ3v) is 5.63. The second-order valence-electron chi connectivity index (χ2n) is 5.38. The molecule has 21 heavy (non-hydrogen) atoms. The first kappa shape index (κ1) is 16.0. The van der Waals surface area contributed by atoms with Crippen LogP contribution in [0.5, 0.6) is 0 Å². The fraction of sp³-hybridized carbons (Fsp3) is 0.538. The quantitative estimate of drug-likeness (QED) is 0.872. The molecule has 0 aromatic carbocycles. The molecular formula is C13H18ClN3O3S. The Balaban J connectivity index is 2.09. The van der Waals surface area contributed by atoms with Gasteiger partial charge in [0.1, 0.15) is 15.7 Å². The Bertz CT molecular complexity index is 648. The van der Waals surface area contributed by atoms with Gasteiger partial charge in [0.15, 0.2) is 0 Å². The number of halogens is 1. The van der Waals surface area contributed by atoms with Crippen LogP contribution in [0.25, 0.3) is 0 Å². The van der Waals surface area contributed by atoms with E-state index in [1.54, 1.807) is 0 Å². The number of nitrogens with zero attached hydrogens (tertiary/aromatic N) is 1. The third kappa shape index (κ3) is 4.07. The molecule has 0 radical (unpaired) electrons. The van der Waals surface area contributed by atoms with Crippen LogP contribution >= 0.6 is 11.6 Å². The van der Waals surface area contributed by atoms with Crippen LogP contribution in [0.4, 0.5) is 5.82 Å². The lowest BCUT2D eigenvalue weighted by atomic mass is 9.95. The fourth-order valence-corrected chi connectivity index (χ4v) is 3.93. The highest BCUT2D eigenvalue weighted by molar-refractivity contribution is 7.91. The van der Waals surface area contributed by atoms with E-state index in [0.717, 1.165) is 12.8 Å². The van der Waals surface area contributed by atoms with Crippen molar-refractivity contribution in [2.45, 2.75) is 37.0 Å². The summed E-state index contributed by atoms with van der Waals surface area (Å²) in [5.41, 5.74) is 5.40. The Hall–Kier alpha value is -1.34. The zero-order valence-electron chi connectivity index (χ0n) is 11.7. The molecule has 1 aromatic heterocycles. The van der Waals surface area contributed by atoms with Crippen LogP contribution in [0.1, 0.15) is 36.0 Å². The van der Waals surface area contributed by atoms with Crippen LogP contribution in [-0.4, -0.2) is 36.9 Å². The van der Waals surface area contributed by atoms with Gasteiger partial charge >= 0.3 is 0 Å². The number of pyridine rings is 1. The second-order valence-corrected chi connectivity index (χ2v) is 8.11. The molecule has 1 aliphatic rings. The maximum Gasteiger partial charge on any atom is 0.250 e. The van der Waals surface area contributed by atoms with Crippen LogP contribution in [0.2, 0.25) is 5.02 Å². The zero-order valence-corrected chi connectivity index (χ0v) is 13.2. The number of carbonyl (C=O) groups is 1. The number of nitrogens with two attached hydrogens (primary N) is 1. The Morgan fingerprint density at radius 2 is 2.19 bits per heavy atom. The van der Waals surface area contributed by atoms with E-state index < -0.39 is 15.7 Å². The topological polar surface area (TPSA) is 102 Å². The molecule has 1 aromatic rings. The van der Waals surface area contributed by atoms with Crippen molar-refractivity contribution in [3.63, 3.8) is 0 Å². The average molecular weight is 332 g/mol. The number of nitrogens with one attached hydrogen (secondary N) is 1. The van der Waals surface area contributed by atoms with Crippen LogP contribution < -0.4 is 11.1 Å². The largest absolute Gasteiger partial charge is 0.366 e. The Morgan fingerprint density at radius 1 is 1.48 bits per heavy atom. The monoisotopic (exact) mass is 331 g/mol. The summed E-state index contributed by atoms with van der Waals surface area (Å²) in [6.45, 7) is 0. The van der Waals surface area contributed by atoms with Gasteiger partial charge in [0.25, 0.3) is 0 Å². The highest BCUT2D eigenvalue weighted by Gasteiger charge is 2.29. The van der Waals surface area contributed by atoms with Gasteiger partial charge in [0.05, 0.1) is 15.8 Å². The van der Waals surface area contributed by atoms with E-state index in [1.165, 1.54) is 18.5 Å². The maximum absolute atomic E-state index is 11.7. The molecule has 6 nitrogen and oxygen atoms in total. The van der Waals surface area contributed by atoms with E-state index in [0.29, 0.717) is 23.7 Å². The molecule has 0 saturated heterocycles. The van der Waals surface area contributed by atoms with Crippen molar-refractivity contribution in [1.82, 2.24) is 4.98 Å². The minimum Gasteiger partial charge on any atom is -0.366 e. The van der Waals surface area contributed by atoms with Gasteiger partial charge < -0.3 is 11.1 Å². The van der Waals surface area contributed by atoms with E-state index in [9.17, 15) is 13.2 Å². The van der Waals surface area contributed by atoms with Crippen molar-refractivity contribution in [2.24, 2.45) is 5.73 Å². The molecule has 1 heterocycles. The lowest BCUT2D eigenvalue weighted by molar-refractivity contribution is 0.1000. The number of primary amides is 1. The number of amides is 1. The second kappa shape index (κ2) is 6.19. The number of rotatable bonds is 4. The highest BCUT2D eigenvalue weighted by atomic mass is 35.5. The van der Waals surface area contributed by atoms with Crippen LogP contribution in [-0.2, 0) is 9.84 Å². The van der Waals surface area contributed by atoms with Crippen LogP contribution in [0.15, 0.2) is 12.3 Å². The molecule has 2 atom stereocenters. The molecule has 1 aliphatic carbocycles. The summed E-state index contributed by atoms with van der Waals surface area (Å²) in [6, 6.07) is 1.46. The first-order chi connectivity index (χ1) is 9.77. The predicted molar refractivity (Wildman–Crippen MR) is 82.3 cm³/mol. The van der Waals surface area contributed by atoms with Gasteiger partial charge in [-0.1, -0.05) is 18.0 Å². The summed E-state index contributed by atoms with van der Waals surface area (Å²) in [6.07, 6.45) is 5.56. The van der Waals surface area contributed by atoms with Gasteiger partial charge in [-0.3, -0.25) is 4.79 Å². The van der Waals surface area contributed by atoms with E-state index in [-0.39, 0.29) is 16.9 Å². The van der Waals surface area contributed by atoms with Crippen LogP contribution in [0, 0.1) is 0 Å². The van der Waals surface area contributed by atoms with Gasteiger partial charge in [-0.25, -0.2) is 13.4 Å². The molecule has 3 N–H and O–H groups in total. The molecule has 1 fully saturated rings. The standard InChI is InChI=1S/C13H18ClN3O3S/c1-21(19,20)10-4-2-3-9(6-10)17-13-11(14)5-8(7-16-13)12(15)18/h5,7,9-10H,2-4,6H2,1H3,(H2,15,18)(H,16,17). The summed E-state index contributed by atoms with van der Waals surface area (Å²) < 4.78 is 23.3. The predicted octanol–water partition coefficient (Wildman–Crippen LogP) is 1.60. The minimum atomic E-state index is -3.03. The normalized spacial score (nSPS) is 22.8.